The third-order valence-corrected chi connectivity index (χ3v) is 5.23. The van der Waals surface area contributed by atoms with Crippen LogP contribution in [0.15, 0.2) is 75.1 Å². The van der Waals surface area contributed by atoms with Gasteiger partial charge in [-0.1, -0.05) is 41.4 Å². The van der Waals surface area contributed by atoms with E-state index in [0.29, 0.717) is 21.6 Å². The Morgan fingerprint density at radius 1 is 0.960 bits per heavy atom. The molecule has 0 aliphatic heterocycles. The zero-order chi connectivity index (χ0) is 17.9. The highest BCUT2D eigenvalue weighted by Crippen LogP contribution is 2.29. The van der Waals surface area contributed by atoms with Crippen LogP contribution in [0, 0.1) is 0 Å². The average Bonchev–Trinajstić information content (AvgIpc) is 3.07. The molecule has 0 saturated carbocycles. The number of nitrogens with one attached hydrogen (secondary N) is 1. The van der Waals surface area contributed by atoms with Gasteiger partial charge in [-0.3, -0.25) is 0 Å². The van der Waals surface area contributed by atoms with Crippen LogP contribution in [0.5, 0.6) is 0 Å². The van der Waals surface area contributed by atoms with Crippen molar-refractivity contribution < 1.29 is 12.8 Å². The summed E-state index contributed by atoms with van der Waals surface area (Å²) in [6.45, 7) is 0. The fourth-order valence-corrected chi connectivity index (χ4v) is 3.15. The Bertz CT molecular complexity index is 1020. The molecule has 0 aliphatic carbocycles. The van der Waals surface area contributed by atoms with Crippen LogP contribution in [0.4, 0.5) is 0 Å². The number of halogens is 2. The quantitative estimate of drug-likeness (QED) is 0.508. The molecule has 25 heavy (non-hydrogen) atoms. The van der Waals surface area contributed by atoms with Crippen molar-refractivity contribution in [2.24, 2.45) is 5.10 Å². The fraction of sp³-hybridized carbons (Fsp3) is 0. The molecule has 8 heteroatoms. The predicted molar refractivity (Wildman–Crippen MR) is 98.5 cm³/mol. The van der Waals surface area contributed by atoms with Crippen LogP contribution < -0.4 is 4.83 Å². The van der Waals surface area contributed by atoms with Crippen molar-refractivity contribution in [2.75, 3.05) is 0 Å². The minimum absolute atomic E-state index is 0.128. The highest BCUT2D eigenvalue weighted by Gasteiger charge is 2.11. The van der Waals surface area contributed by atoms with Gasteiger partial charge in [-0.15, -0.1) is 0 Å². The highest BCUT2D eigenvalue weighted by molar-refractivity contribution is 7.89. The van der Waals surface area contributed by atoms with E-state index in [0.717, 1.165) is 5.56 Å². The van der Waals surface area contributed by atoms with E-state index in [1.165, 1.54) is 18.3 Å². The summed E-state index contributed by atoms with van der Waals surface area (Å²) in [5.41, 5.74) is 0.749. The molecule has 0 radical (unpaired) electrons. The lowest BCUT2D eigenvalue weighted by molar-refractivity contribution is 0.573. The monoisotopic (exact) mass is 394 g/mol. The summed E-state index contributed by atoms with van der Waals surface area (Å²) in [5.74, 6) is 0.947. The highest BCUT2D eigenvalue weighted by atomic mass is 35.5. The summed E-state index contributed by atoms with van der Waals surface area (Å²) in [7, 11) is -3.71. The van der Waals surface area contributed by atoms with Crippen LogP contribution in [0.2, 0.25) is 10.0 Å². The van der Waals surface area contributed by atoms with E-state index in [4.69, 9.17) is 27.6 Å². The second kappa shape index (κ2) is 7.31. The minimum Gasteiger partial charge on any atom is -0.455 e. The van der Waals surface area contributed by atoms with E-state index in [1.807, 2.05) is 0 Å². The summed E-state index contributed by atoms with van der Waals surface area (Å²) in [6.07, 6.45) is 1.28. The van der Waals surface area contributed by atoms with E-state index in [2.05, 4.69) is 9.93 Å². The first-order valence-corrected chi connectivity index (χ1v) is 9.35. The summed E-state index contributed by atoms with van der Waals surface area (Å²) < 4.78 is 29.7. The molecular formula is C17H12Cl2N2O3S. The summed E-state index contributed by atoms with van der Waals surface area (Å²) in [4.78, 5) is 2.26. The molecule has 0 spiro atoms. The standard InChI is InChI=1S/C17H12Cl2N2O3S/c18-15-8-6-12(10-16(15)19)17-9-7-13(24-17)11-20-21-25(22,23)14-4-2-1-3-5-14/h1-11,21H. The maximum atomic E-state index is 12.0. The average molecular weight is 395 g/mol. The number of sulfonamides is 1. The zero-order valence-electron chi connectivity index (χ0n) is 12.7. The van der Waals surface area contributed by atoms with Gasteiger partial charge in [0.2, 0.25) is 0 Å². The third-order valence-electron chi connectivity index (χ3n) is 3.25. The molecule has 0 unspecified atom stereocenters. The van der Waals surface area contributed by atoms with Gasteiger partial charge in [-0.05, 0) is 42.5 Å². The van der Waals surface area contributed by atoms with Crippen LogP contribution >= 0.6 is 23.2 Å². The minimum atomic E-state index is -3.71. The topological polar surface area (TPSA) is 71.7 Å². The third kappa shape index (κ3) is 4.22. The number of benzene rings is 2. The second-order valence-electron chi connectivity index (χ2n) is 5.00. The molecule has 5 nitrogen and oxygen atoms in total. The van der Waals surface area contributed by atoms with Gasteiger partial charge >= 0.3 is 0 Å². The smallest absolute Gasteiger partial charge is 0.276 e. The zero-order valence-corrected chi connectivity index (χ0v) is 15.0. The molecular weight excluding hydrogens is 383 g/mol. The van der Waals surface area contributed by atoms with Crippen molar-refractivity contribution in [3.8, 4) is 11.3 Å². The number of hydrogen-bond donors (Lipinski definition) is 1. The van der Waals surface area contributed by atoms with Gasteiger partial charge in [0, 0.05) is 5.56 Å². The predicted octanol–water partition coefficient (Wildman–Crippen LogP) is 4.57. The van der Waals surface area contributed by atoms with Gasteiger partial charge < -0.3 is 4.42 Å². The van der Waals surface area contributed by atoms with E-state index >= 15 is 0 Å². The summed E-state index contributed by atoms with van der Waals surface area (Å²) in [5, 5.41) is 4.60. The second-order valence-corrected chi connectivity index (χ2v) is 7.47. The number of nitrogens with zero attached hydrogens (tertiary/aromatic N) is 1. The van der Waals surface area contributed by atoms with Crippen molar-refractivity contribution in [3.05, 3.63) is 76.5 Å². The first-order chi connectivity index (χ1) is 12.0. The Kier molecular flexibility index (Phi) is 5.13. The van der Waals surface area contributed by atoms with Gasteiger partial charge in [0.1, 0.15) is 11.5 Å². The van der Waals surface area contributed by atoms with E-state index < -0.39 is 10.0 Å². The van der Waals surface area contributed by atoms with Crippen molar-refractivity contribution >= 4 is 39.4 Å². The lowest BCUT2D eigenvalue weighted by Gasteiger charge is -2.01. The van der Waals surface area contributed by atoms with Gasteiger partial charge in [0.15, 0.2) is 0 Å². The summed E-state index contributed by atoms with van der Waals surface area (Å²) >= 11 is 11.9. The number of hydrogen-bond acceptors (Lipinski definition) is 4. The Morgan fingerprint density at radius 3 is 2.44 bits per heavy atom. The first kappa shape index (κ1) is 17.5. The SMILES string of the molecule is O=S(=O)(NN=Cc1ccc(-c2ccc(Cl)c(Cl)c2)o1)c1ccccc1. The van der Waals surface area contributed by atoms with Crippen LogP contribution in [0.25, 0.3) is 11.3 Å². The molecule has 0 fully saturated rings. The van der Waals surface area contributed by atoms with Crippen LogP contribution in [-0.2, 0) is 10.0 Å². The van der Waals surface area contributed by atoms with Gasteiger partial charge in [-0.2, -0.15) is 18.4 Å². The van der Waals surface area contributed by atoms with E-state index in [9.17, 15) is 8.42 Å². The van der Waals surface area contributed by atoms with E-state index in [1.54, 1.807) is 48.5 Å². The molecule has 1 heterocycles. The van der Waals surface area contributed by atoms with E-state index in [-0.39, 0.29) is 4.90 Å². The lowest BCUT2D eigenvalue weighted by Crippen LogP contribution is -2.18. The van der Waals surface area contributed by atoms with Crippen molar-refractivity contribution in [1.29, 1.82) is 0 Å². The summed E-state index contributed by atoms with van der Waals surface area (Å²) in [6, 6.07) is 16.5. The molecule has 0 aliphatic rings. The number of rotatable bonds is 5. The number of hydrazone groups is 1. The Morgan fingerprint density at radius 2 is 1.72 bits per heavy atom. The fourth-order valence-electron chi connectivity index (χ4n) is 2.04. The molecule has 2 aromatic carbocycles. The maximum absolute atomic E-state index is 12.0. The Labute approximate surface area is 154 Å². The first-order valence-electron chi connectivity index (χ1n) is 7.11. The van der Waals surface area contributed by atoms with Gasteiger partial charge in [-0.25, -0.2) is 0 Å². The molecule has 0 amide bonds. The van der Waals surface area contributed by atoms with Crippen molar-refractivity contribution in [1.82, 2.24) is 4.83 Å². The van der Waals surface area contributed by atoms with Crippen LogP contribution in [0.1, 0.15) is 5.76 Å². The van der Waals surface area contributed by atoms with Crippen LogP contribution in [-0.4, -0.2) is 14.6 Å². The van der Waals surface area contributed by atoms with Crippen molar-refractivity contribution in [3.63, 3.8) is 0 Å². The maximum Gasteiger partial charge on any atom is 0.276 e. The van der Waals surface area contributed by atoms with Gasteiger partial charge in [0.25, 0.3) is 10.0 Å². The van der Waals surface area contributed by atoms with Crippen LogP contribution in [0.3, 0.4) is 0 Å². The molecule has 1 aromatic heterocycles. The molecule has 3 rings (SSSR count). The number of furan rings is 1. The molecule has 0 atom stereocenters. The van der Waals surface area contributed by atoms with Gasteiger partial charge in [0.05, 0.1) is 21.2 Å². The Hall–Kier alpha value is -2.28. The Balaban J connectivity index is 1.73. The molecule has 0 saturated heterocycles. The molecule has 0 bridgehead atoms. The molecule has 3 aromatic rings. The normalized spacial score (nSPS) is 11.8. The molecule has 128 valence electrons. The largest absolute Gasteiger partial charge is 0.455 e. The van der Waals surface area contributed by atoms with Crippen molar-refractivity contribution in [2.45, 2.75) is 4.90 Å². The lowest BCUT2D eigenvalue weighted by atomic mass is 10.2. The molecule has 1 N–H and O–H groups in total.